The predicted octanol–water partition coefficient (Wildman–Crippen LogP) is 3.14. The van der Waals surface area contributed by atoms with E-state index in [-0.39, 0.29) is 5.91 Å². The zero-order valence-electron chi connectivity index (χ0n) is 11.2. The Kier molecular flexibility index (Phi) is 4.47. The van der Waals surface area contributed by atoms with Crippen molar-refractivity contribution in [2.45, 2.75) is 6.54 Å². The summed E-state index contributed by atoms with van der Waals surface area (Å²) >= 11 is 8.71. The smallest absolute Gasteiger partial charge is 0.264 e. The number of nitrogens with two attached hydrogens (primary N) is 1. The van der Waals surface area contributed by atoms with Crippen molar-refractivity contribution in [3.05, 3.63) is 50.8 Å². The average Bonchev–Trinajstić information content (AvgIpc) is 3.05. The summed E-state index contributed by atoms with van der Waals surface area (Å²) in [4.78, 5) is 21.7. The number of anilines is 1. The number of nitrogens with zero attached hydrogens (tertiary/aromatic N) is 2. The number of hydrogen-bond acceptors (Lipinski definition) is 6. The minimum atomic E-state index is -0.171. The molecule has 0 aliphatic carbocycles. The van der Waals surface area contributed by atoms with Crippen LogP contribution in [0.3, 0.4) is 0 Å². The second kappa shape index (κ2) is 6.51. The number of nitrogen functional groups attached to an aromatic ring is 1. The van der Waals surface area contributed by atoms with Gasteiger partial charge in [0, 0.05) is 11.2 Å². The number of benzene rings is 1. The van der Waals surface area contributed by atoms with Gasteiger partial charge in [-0.25, -0.2) is 4.98 Å². The van der Waals surface area contributed by atoms with Crippen molar-refractivity contribution in [2.24, 2.45) is 4.99 Å². The summed E-state index contributed by atoms with van der Waals surface area (Å²) in [5.41, 5.74) is 6.49. The van der Waals surface area contributed by atoms with Gasteiger partial charge in [-0.05, 0) is 29.5 Å². The number of amides is 1. The van der Waals surface area contributed by atoms with Gasteiger partial charge in [0.05, 0.1) is 16.3 Å². The lowest BCUT2D eigenvalue weighted by Gasteiger charge is -2.00. The molecule has 0 unspecified atom stereocenters. The SMILES string of the molecule is Nc1ncc(C=C2SC(=NCc3ccccc3Cl)NC2=O)s1. The van der Waals surface area contributed by atoms with Gasteiger partial charge in [-0.15, -0.1) is 0 Å². The van der Waals surface area contributed by atoms with E-state index in [1.807, 2.05) is 24.3 Å². The highest BCUT2D eigenvalue weighted by Gasteiger charge is 2.23. The minimum absolute atomic E-state index is 0.171. The first-order valence-corrected chi connectivity index (χ1v) is 8.33. The third kappa shape index (κ3) is 3.49. The van der Waals surface area contributed by atoms with Crippen LogP contribution in [0.25, 0.3) is 6.08 Å². The van der Waals surface area contributed by atoms with Crippen molar-refractivity contribution in [3.8, 4) is 0 Å². The molecule has 112 valence electrons. The summed E-state index contributed by atoms with van der Waals surface area (Å²) in [6.07, 6.45) is 3.39. The van der Waals surface area contributed by atoms with Crippen molar-refractivity contribution in [2.75, 3.05) is 5.73 Å². The lowest BCUT2D eigenvalue weighted by molar-refractivity contribution is -0.115. The van der Waals surface area contributed by atoms with Gasteiger partial charge in [0.1, 0.15) is 0 Å². The highest BCUT2D eigenvalue weighted by molar-refractivity contribution is 8.18. The third-order valence-electron chi connectivity index (χ3n) is 2.82. The van der Waals surface area contributed by atoms with Gasteiger partial charge >= 0.3 is 0 Å². The summed E-state index contributed by atoms with van der Waals surface area (Å²) in [6.45, 7) is 0.420. The van der Waals surface area contributed by atoms with E-state index in [0.29, 0.717) is 26.8 Å². The largest absolute Gasteiger partial charge is 0.375 e. The second-order valence-electron chi connectivity index (χ2n) is 4.38. The van der Waals surface area contributed by atoms with Crippen LogP contribution in [-0.4, -0.2) is 16.1 Å². The van der Waals surface area contributed by atoms with Crippen LogP contribution >= 0.6 is 34.7 Å². The molecular weight excluding hydrogens is 340 g/mol. The Morgan fingerprint density at radius 1 is 1.41 bits per heavy atom. The number of carbonyl (C=O) groups is 1. The topological polar surface area (TPSA) is 80.4 Å². The molecule has 0 bridgehead atoms. The van der Waals surface area contributed by atoms with Crippen molar-refractivity contribution >= 4 is 57.0 Å². The van der Waals surface area contributed by atoms with E-state index in [2.05, 4.69) is 15.3 Å². The molecular formula is C14H11ClN4OS2. The minimum Gasteiger partial charge on any atom is -0.375 e. The molecule has 2 aromatic rings. The Bertz CT molecular complexity index is 785. The van der Waals surface area contributed by atoms with Crippen molar-refractivity contribution in [1.29, 1.82) is 0 Å². The first-order chi connectivity index (χ1) is 10.6. The lowest BCUT2D eigenvalue weighted by atomic mass is 10.2. The number of thioether (sulfide) groups is 1. The number of hydrogen-bond donors (Lipinski definition) is 2. The summed E-state index contributed by atoms with van der Waals surface area (Å²) in [5.74, 6) is -0.171. The van der Waals surface area contributed by atoms with Gasteiger partial charge in [-0.2, -0.15) is 0 Å². The van der Waals surface area contributed by atoms with Gasteiger partial charge in [0.15, 0.2) is 10.3 Å². The van der Waals surface area contributed by atoms with Crippen LogP contribution in [0.2, 0.25) is 5.02 Å². The number of aromatic nitrogens is 1. The maximum atomic E-state index is 11.9. The van der Waals surface area contributed by atoms with Gasteiger partial charge in [0.25, 0.3) is 5.91 Å². The molecule has 1 aliphatic rings. The highest BCUT2D eigenvalue weighted by Crippen LogP contribution is 2.28. The molecule has 3 N–H and O–H groups in total. The standard InChI is InChI=1S/C14H11ClN4OS2/c15-10-4-2-1-3-8(10)6-18-14-19-12(20)11(22-14)5-9-7-17-13(16)21-9/h1-5,7H,6H2,(H2,16,17)(H,18,19,20). The fourth-order valence-corrected chi connectivity index (χ4v) is 3.49. The van der Waals surface area contributed by atoms with Crippen molar-refractivity contribution in [3.63, 3.8) is 0 Å². The number of carbonyl (C=O) groups excluding carboxylic acids is 1. The monoisotopic (exact) mass is 350 g/mol. The second-order valence-corrected chi connectivity index (χ2v) is 6.91. The van der Waals surface area contributed by atoms with E-state index in [9.17, 15) is 4.79 Å². The Morgan fingerprint density at radius 2 is 2.23 bits per heavy atom. The van der Waals surface area contributed by atoms with Crippen LogP contribution < -0.4 is 11.1 Å². The Hall–Kier alpha value is -1.83. The molecule has 0 atom stereocenters. The van der Waals surface area contributed by atoms with Gasteiger partial charge < -0.3 is 11.1 Å². The summed E-state index contributed by atoms with van der Waals surface area (Å²) in [6, 6.07) is 7.50. The van der Waals surface area contributed by atoms with E-state index in [0.717, 1.165) is 10.4 Å². The van der Waals surface area contributed by atoms with E-state index in [1.54, 1.807) is 12.3 Å². The Morgan fingerprint density at radius 3 is 2.95 bits per heavy atom. The fourth-order valence-electron chi connectivity index (χ4n) is 1.78. The first kappa shape index (κ1) is 15.1. The molecule has 0 saturated carbocycles. The van der Waals surface area contributed by atoms with Crippen LogP contribution in [0.1, 0.15) is 10.4 Å². The number of aliphatic imine (C=N–C) groups is 1. The fraction of sp³-hybridized carbons (Fsp3) is 0.0714. The highest BCUT2D eigenvalue weighted by atomic mass is 35.5. The molecule has 5 nitrogen and oxygen atoms in total. The zero-order valence-corrected chi connectivity index (χ0v) is 13.6. The van der Waals surface area contributed by atoms with Crippen molar-refractivity contribution < 1.29 is 4.79 Å². The van der Waals surface area contributed by atoms with Gasteiger partial charge in [-0.1, -0.05) is 41.1 Å². The molecule has 1 aromatic heterocycles. The van der Waals surface area contributed by atoms with Crippen LogP contribution in [0.15, 0.2) is 40.4 Å². The van der Waals surface area contributed by atoms with Gasteiger partial charge in [0.2, 0.25) is 0 Å². The number of amidine groups is 1. The molecule has 1 saturated heterocycles. The van der Waals surface area contributed by atoms with E-state index < -0.39 is 0 Å². The summed E-state index contributed by atoms with van der Waals surface area (Å²) in [5, 5.41) is 4.44. The van der Waals surface area contributed by atoms with E-state index in [4.69, 9.17) is 17.3 Å². The molecule has 1 aliphatic heterocycles. The van der Waals surface area contributed by atoms with Crippen LogP contribution in [-0.2, 0) is 11.3 Å². The molecule has 0 radical (unpaired) electrons. The maximum absolute atomic E-state index is 11.9. The van der Waals surface area contributed by atoms with Crippen LogP contribution in [0.5, 0.6) is 0 Å². The van der Waals surface area contributed by atoms with Crippen molar-refractivity contribution in [1.82, 2.24) is 10.3 Å². The molecule has 8 heteroatoms. The molecule has 1 aromatic carbocycles. The summed E-state index contributed by atoms with van der Waals surface area (Å²) < 4.78 is 0. The third-order valence-corrected chi connectivity index (χ3v) is 4.91. The number of rotatable bonds is 3. The molecule has 1 amide bonds. The lowest BCUT2D eigenvalue weighted by Crippen LogP contribution is -2.19. The molecule has 22 heavy (non-hydrogen) atoms. The Labute approximate surface area is 140 Å². The Balaban J connectivity index is 1.73. The quantitative estimate of drug-likeness (QED) is 0.833. The predicted molar refractivity (Wildman–Crippen MR) is 92.8 cm³/mol. The van der Waals surface area contributed by atoms with Crippen LogP contribution in [0.4, 0.5) is 5.13 Å². The maximum Gasteiger partial charge on any atom is 0.264 e. The van der Waals surface area contributed by atoms with E-state index >= 15 is 0 Å². The zero-order chi connectivity index (χ0) is 15.5. The van der Waals surface area contributed by atoms with Gasteiger partial charge in [-0.3, -0.25) is 9.79 Å². The number of halogens is 1. The first-order valence-electron chi connectivity index (χ1n) is 6.32. The number of nitrogens with one attached hydrogen (secondary N) is 1. The average molecular weight is 351 g/mol. The van der Waals surface area contributed by atoms with E-state index in [1.165, 1.54) is 23.1 Å². The van der Waals surface area contributed by atoms with Crippen LogP contribution in [0, 0.1) is 0 Å². The molecule has 2 heterocycles. The number of thiazole rings is 1. The normalized spacial score (nSPS) is 18.1. The molecule has 0 spiro atoms. The molecule has 1 fully saturated rings. The summed E-state index contributed by atoms with van der Waals surface area (Å²) in [7, 11) is 0. The molecule has 3 rings (SSSR count).